The second-order valence-electron chi connectivity index (χ2n) is 5.68. The number of carbonyl (C=O) groups is 2. The molecule has 0 radical (unpaired) electrons. The second kappa shape index (κ2) is 7.66. The highest BCUT2D eigenvalue weighted by atomic mass is 35.5. The van der Waals surface area contributed by atoms with E-state index in [0.717, 1.165) is 24.2 Å². The highest BCUT2D eigenvalue weighted by Crippen LogP contribution is 2.22. The highest BCUT2D eigenvalue weighted by molar-refractivity contribution is 5.98. The summed E-state index contributed by atoms with van der Waals surface area (Å²) in [7, 11) is 0. The van der Waals surface area contributed by atoms with Gasteiger partial charge in [0.1, 0.15) is 6.04 Å². The molecule has 0 spiro atoms. The molecule has 3 rings (SSSR count). The Hall–Kier alpha value is -1.79. The number of rotatable bonds is 3. The topological polar surface area (TPSA) is 70.7 Å². The standard InChI is InChI=1S/C16H21N3O3.ClH/c1-11(16(21)19-6-8-22-9-7-19)18-15(20)13-2-3-14-12(10-13)4-5-17-14;/h2-3,10-11,17H,4-9H2,1H3,(H,18,20);1H. The molecule has 1 fully saturated rings. The van der Waals surface area contributed by atoms with E-state index < -0.39 is 6.04 Å². The van der Waals surface area contributed by atoms with Crippen LogP contribution in [0.1, 0.15) is 22.8 Å². The van der Waals surface area contributed by atoms with Crippen LogP contribution in [0.25, 0.3) is 0 Å². The van der Waals surface area contributed by atoms with E-state index >= 15 is 0 Å². The maximum absolute atomic E-state index is 12.3. The van der Waals surface area contributed by atoms with Gasteiger partial charge < -0.3 is 20.3 Å². The van der Waals surface area contributed by atoms with Crippen LogP contribution in [-0.2, 0) is 16.0 Å². The molecule has 1 unspecified atom stereocenters. The monoisotopic (exact) mass is 339 g/mol. The van der Waals surface area contributed by atoms with Crippen LogP contribution in [0.4, 0.5) is 5.69 Å². The molecule has 2 N–H and O–H groups in total. The van der Waals surface area contributed by atoms with E-state index in [0.29, 0.717) is 31.9 Å². The molecule has 2 aliphatic heterocycles. The van der Waals surface area contributed by atoms with Crippen LogP contribution in [0.15, 0.2) is 18.2 Å². The number of fused-ring (bicyclic) bond motifs is 1. The Labute approximate surface area is 142 Å². The lowest BCUT2D eigenvalue weighted by atomic mass is 10.1. The molecule has 23 heavy (non-hydrogen) atoms. The van der Waals surface area contributed by atoms with Gasteiger partial charge in [-0.2, -0.15) is 0 Å². The van der Waals surface area contributed by atoms with Crippen molar-refractivity contribution in [3.8, 4) is 0 Å². The van der Waals surface area contributed by atoms with Crippen LogP contribution in [0.2, 0.25) is 0 Å². The van der Waals surface area contributed by atoms with Crippen molar-refractivity contribution in [2.24, 2.45) is 0 Å². The van der Waals surface area contributed by atoms with Crippen molar-refractivity contribution in [2.75, 3.05) is 38.2 Å². The first kappa shape index (κ1) is 17.6. The zero-order chi connectivity index (χ0) is 15.5. The molecule has 0 saturated carbocycles. The Morgan fingerprint density at radius 3 is 2.78 bits per heavy atom. The van der Waals surface area contributed by atoms with Gasteiger partial charge in [-0.3, -0.25) is 9.59 Å². The lowest BCUT2D eigenvalue weighted by Crippen LogP contribution is -2.50. The van der Waals surface area contributed by atoms with Crippen molar-refractivity contribution in [1.82, 2.24) is 10.2 Å². The third-order valence-corrected chi connectivity index (χ3v) is 4.12. The molecular formula is C16H22ClN3O3. The zero-order valence-corrected chi connectivity index (χ0v) is 13.9. The van der Waals surface area contributed by atoms with Gasteiger partial charge in [-0.1, -0.05) is 0 Å². The number of morpholine rings is 1. The third-order valence-electron chi connectivity index (χ3n) is 4.12. The lowest BCUT2D eigenvalue weighted by molar-refractivity contribution is -0.136. The van der Waals surface area contributed by atoms with Gasteiger partial charge in [0.25, 0.3) is 5.91 Å². The first-order chi connectivity index (χ1) is 10.6. The molecule has 2 aliphatic rings. The fraction of sp³-hybridized carbons (Fsp3) is 0.500. The van der Waals surface area contributed by atoms with Crippen molar-refractivity contribution < 1.29 is 14.3 Å². The van der Waals surface area contributed by atoms with Crippen molar-refractivity contribution >= 4 is 29.9 Å². The summed E-state index contributed by atoms with van der Waals surface area (Å²) in [5.41, 5.74) is 2.85. The number of carbonyl (C=O) groups excluding carboxylic acids is 2. The number of nitrogens with one attached hydrogen (secondary N) is 2. The number of hydrogen-bond donors (Lipinski definition) is 2. The van der Waals surface area contributed by atoms with E-state index in [1.807, 2.05) is 12.1 Å². The summed E-state index contributed by atoms with van der Waals surface area (Å²) < 4.78 is 5.24. The van der Waals surface area contributed by atoms with E-state index in [4.69, 9.17) is 4.74 Å². The Kier molecular flexibility index (Phi) is 5.85. The molecule has 1 atom stereocenters. The SMILES string of the molecule is CC(NC(=O)c1ccc2c(c1)CCN2)C(=O)N1CCOCC1.Cl. The Balaban J connectivity index is 0.00000192. The summed E-state index contributed by atoms with van der Waals surface area (Å²) in [6.45, 7) is 4.93. The Morgan fingerprint density at radius 1 is 1.30 bits per heavy atom. The molecule has 0 aliphatic carbocycles. The Bertz CT molecular complexity index is 588. The minimum atomic E-state index is -0.531. The summed E-state index contributed by atoms with van der Waals surface area (Å²) in [4.78, 5) is 26.4. The van der Waals surface area contributed by atoms with Gasteiger partial charge in [-0.25, -0.2) is 0 Å². The smallest absolute Gasteiger partial charge is 0.251 e. The molecule has 2 amide bonds. The van der Waals surface area contributed by atoms with Crippen molar-refractivity contribution in [3.05, 3.63) is 29.3 Å². The van der Waals surface area contributed by atoms with Crippen LogP contribution >= 0.6 is 12.4 Å². The van der Waals surface area contributed by atoms with Crippen molar-refractivity contribution in [3.63, 3.8) is 0 Å². The fourth-order valence-corrected chi connectivity index (χ4v) is 2.85. The predicted molar refractivity (Wildman–Crippen MR) is 90.2 cm³/mol. The number of nitrogens with zero attached hydrogens (tertiary/aromatic N) is 1. The summed E-state index contributed by atoms with van der Waals surface area (Å²) in [6, 6.07) is 5.08. The normalized spacial score (nSPS) is 17.5. The molecule has 6 nitrogen and oxygen atoms in total. The van der Waals surface area contributed by atoms with Crippen LogP contribution in [0, 0.1) is 0 Å². The summed E-state index contributed by atoms with van der Waals surface area (Å²) in [5, 5.41) is 6.06. The highest BCUT2D eigenvalue weighted by Gasteiger charge is 2.24. The third kappa shape index (κ3) is 3.95. The minimum absolute atomic E-state index is 0. The van der Waals surface area contributed by atoms with Crippen LogP contribution in [0.5, 0.6) is 0 Å². The molecule has 7 heteroatoms. The molecule has 126 valence electrons. The number of halogens is 1. The molecule has 1 saturated heterocycles. The van der Waals surface area contributed by atoms with Crippen molar-refractivity contribution in [2.45, 2.75) is 19.4 Å². The van der Waals surface area contributed by atoms with Gasteiger partial charge >= 0.3 is 0 Å². The molecule has 2 heterocycles. The quantitative estimate of drug-likeness (QED) is 0.863. The number of benzene rings is 1. The average Bonchev–Trinajstić information content (AvgIpc) is 3.02. The van der Waals surface area contributed by atoms with E-state index in [-0.39, 0.29) is 24.2 Å². The second-order valence-corrected chi connectivity index (χ2v) is 5.68. The van der Waals surface area contributed by atoms with Gasteiger partial charge in [-0.15, -0.1) is 12.4 Å². The van der Waals surface area contributed by atoms with Crippen LogP contribution in [0.3, 0.4) is 0 Å². The van der Waals surface area contributed by atoms with Crippen LogP contribution < -0.4 is 10.6 Å². The largest absolute Gasteiger partial charge is 0.384 e. The summed E-state index contributed by atoms with van der Waals surface area (Å²) in [6.07, 6.45) is 0.929. The maximum atomic E-state index is 12.3. The molecular weight excluding hydrogens is 318 g/mol. The molecule has 1 aromatic carbocycles. The molecule has 0 bridgehead atoms. The van der Waals surface area contributed by atoms with Gasteiger partial charge in [0.15, 0.2) is 0 Å². The zero-order valence-electron chi connectivity index (χ0n) is 13.1. The van der Waals surface area contributed by atoms with E-state index in [1.165, 1.54) is 0 Å². The number of anilines is 1. The number of ether oxygens (including phenoxy) is 1. The average molecular weight is 340 g/mol. The predicted octanol–water partition coefficient (Wildman–Crippen LogP) is 1.05. The van der Waals surface area contributed by atoms with Gasteiger partial charge in [0.2, 0.25) is 5.91 Å². The van der Waals surface area contributed by atoms with E-state index in [1.54, 1.807) is 17.9 Å². The summed E-state index contributed by atoms with van der Waals surface area (Å²) in [5.74, 6) is -0.261. The van der Waals surface area contributed by atoms with E-state index in [2.05, 4.69) is 10.6 Å². The fourth-order valence-electron chi connectivity index (χ4n) is 2.85. The van der Waals surface area contributed by atoms with Gasteiger partial charge in [0.05, 0.1) is 13.2 Å². The summed E-state index contributed by atoms with van der Waals surface area (Å²) >= 11 is 0. The number of hydrogen-bond acceptors (Lipinski definition) is 4. The first-order valence-electron chi connectivity index (χ1n) is 7.69. The first-order valence-corrected chi connectivity index (χ1v) is 7.69. The lowest BCUT2D eigenvalue weighted by Gasteiger charge is -2.29. The molecule has 1 aromatic rings. The molecule has 0 aromatic heterocycles. The Morgan fingerprint density at radius 2 is 2.04 bits per heavy atom. The van der Waals surface area contributed by atoms with Crippen molar-refractivity contribution in [1.29, 1.82) is 0 Å². The van der Waals surface area contributed by atoms with E-state index in [9.17, 15) is 9.59 Å². The minimum Gasteiger partial charge on any atom is -0.384 e. The van der Waals surface area contributed by atoms with Crippen LogP contribution in [-0.4, -0.2) is 55.6 Å². The van der Waals surface area contributed by atoms with Gasteiger partial charge in [-0.05, 0) is 37.1 Å². The number of amides is 2. The van der Waals surface area contributed by atoms with Gasteiger partial charge in [0, 0.05) is 30.9 Å². The maximum Gasteiger partial charge on any atom is 0.251 e.